The fourth-order valence-electron chi connectivity index (χ4n) is 1.54. The summed E-state index contributed by atoms with van der Waals surface area (Å²) in [6.45, 7) is 5.43. The standard InChI is InChI=1S/C13H19N3O3/c1-9(2)13(3,12(18)19)7-11(17)14-8-10-5-4-6-15-16-10/h4-6,9H,7-8H2,1-3H3,(H,14,17)(H,18,19). The lowest BCUT2D eigenvalue weighted by molar-refractivity contribution is -0.153. The fourth-order valence-corrected chi connectivity index (χ4v) is 1.54. The first-order valence-electron chi connectivity index (χ1n) is 6.13. The maximum atomic E-state index is 11.8. The molecule has 6 heteroatoms. The van der Waals surface area contributed by atoms with Crippen molar-refractivity contribution in [3.63, 3.8) is 0 Å². The highest BCUT2D eigenvalue weighted by Crippen LogP contribution is 2.31. The Morgan fingerprint density at radius 2 is 2.16 bits per heavy atom. The number of rotatable bonds is 6. The number of carboxylic acid groups (broad SMARTS) is 1. The molecule has 0 saturated heterocycles. The number of amides is 1. The molecule has 1 rings (SSSR count). The predicted molar refractivity (Wildman–Crippen MR) is 69.1 cm³/mol. The largest absolute Gasteiger partial charge is 0.481 e. The number of hydrogen-bond acceptors (Lipinski definition) is 4. The van der Waals surface area contributed by atoms with Crippen molar-refractivity contribution in [2.75, 3.05) is 0 Å². The minimum absolute atomic E-state index is 0.0553. The first-order chi connectivity index (χ1) is 8.86. The summed E-state index contributed by atoms with van der Waals surface area (Å²) < 4.78 is 0. The lowest BCUT2D eigenvalue weighted by Crippen LogP contribution is -2.39. The van der Waals surface area contributed by atoms with Gasteiger partial charge in [-0.1, -0.05) is 13.8 Å². The van der Waals surface area contributed by atoms with E-state index >= 15 is 0 Å². The molecular formula is C13H19N3O3. The molecule has 104 valence electrons. The number of carbonyl (C=O) groups is 2. The quantitative estimate of drug-likeness (QED) is 0.807. The highest BCUT2D eigenvalue weighted by molar-refractivity contribution is 5.84. The van der Waals surface area contributed by atoms with Gasteiger partial charge in [0.15, 0.2) is 0 Å². The SMILES string of the molecule is CC(C)C(C)(CC(=O)NCc1cccnn1)C(=O)O. The van der Waals surface area contributed by atoms with E-state index in [0.717, 1.165) is 0 Å². The number of hydrogen-bond donors (Lipinski definition) is 2. The number of aromatic nitrogens is 2. The average Bonchev–Trinajstić information content (AvgIpc) is 2.37. The van der Waals surface area contributed by atoms with Crippen molar-refractivity contribution in [2.45, 2.75) is 33.7 Å². The Balaban J connectivity index is 2.57. The zero-order chi connectivity index (χ0) is 14.5. The number of carbonyl (C=O) groups excluding carboxylic acids is 1. The normalized spacial score (nSPS) is 13.9. The second-order valence-corrected chi connectivity index (χ2v) is 5.05. The molecule has 1 unspecified atom stereocenters. The molecule has 1 heterocycles. The van der Waals surface area contributed by atoms with Gasteiger partial charge >= 0.3 is 5.97 Å². The molecule has 0 aromatic carbocycles. The summed E-state index contributed by atoms with van der Waals surface area (Å²) in [5, 5.41) is 19.4. The van der Waals surface area contributed by atoms with Crippen molar-refractivity contribution >= 4 is 11.9 Å². The van der Waals surface area contributed by atoms with Crippen LogP contribution in [0.1, 0.15) is 32.9 Å². The second-order valence-electron chi connectivity index (χ2n) is 5.05. The lowest BCUT2D eigenvalue weighted by atomic mass is 9.76. The highest BCUT2D eigenvalue weighted by atomic mass is 16.4. The van der Waals surface area contributed by atoms with Gasteiger partial charge in [0.05, 0.1) is 17.7 Å². The van der Waals surface area contributed by atoms with Gasteiger partial charge in [0.25, 0.3) is 0 Å². The molecule has 0 fully saturated rings. The molecule has 0 radical (unpaired) electrons. The molecule has 19 heavy (non-hydrogen) atoms. The molecule has 0 saturated carbocycles. The molecule has 6 nitrogen and oxygen atoms in total. The van der Waals surface area contributed by atoms with Crippen LogP contribution in [0.3, 0.4) is 0 Å². The average molecular weight is 265 g/mol. The van der Waals surface area contributed by atoms with Gasteiger partial charge in [-0.3, -0.25) is 9.59 Å². The van der Waals surface area contributed by atoms with Crippen molar-refractivity contribution in [3.8, 4) is 0 Å². The summed E-state index contributed by atoms with van der Waals surface area (Å²) in [6.07, 6.45) is 1.49. The minimum Gasteiger partial charge on any atom is -0.481 e. The summed E-state index contributed by atoms with van der Waals surface area (Å²) in [4.78, 5) is 23.1. The lowest BCUT2D eigenvalue weighted by Gasteiger charge is -2.28. The van der Waals surface area contributed by atoms with Crippen LogP contribution in [0.5, 0.6) is 0 Å². The molecule has 0 aliphatic rings. The number of aliphatic carboxylic acids is 1. The van der Waals surface area contributed by atoms with E-state index in [-0.39, 0.29) is 24.8 Å². The van der Waals surface area contributed by atoms with Gasteiger partial charge in [0, 0.05) is 12.6 Å². The Morgan fingerprint density at radius 1 is 1.47 bits per heavy atom. The molecular weight excluding hydrogens is 246 g/mol. The van der Waals surface area contributed by atoms with E-state index in [1.54, 1.807) is 39.1 Å². The molecule has 1 amide bonds. The second kappa shape index (κ2) is 6.26. The van der Waals surface area contributed by atoms with Gasteiger partial charge in [-0.2, -0.15) is 10.2 Å². The van der Waals surface area contributed by atoms with Gasteiger partial charge in [0.2, 0.25) is 5.91 Å². The van der Waals surface area contributed by atoms with Crippen molar-refractivity contribution < 1.29 is 14.7 Å². The Hall–Kier alpha value is -1.98. The van der Waals surface area contributed by atoms with Crippen LogP contribution >= 0.6 is 0 Å². The first kappa shape index (κ1) is 15.1. The Kier molecular flexibility index (Phi) is 4.97. The van der Waals surface area contributed by atoms with E-state index in [1.807, 2.05) is 0 Å². The summed E-state index contributed by atoms with van der Waals surface area (Å²) in [6, 6.07) is 3.47. The van der Waals surface area contributed by atoms with Crippen LogP contribution in [-0.2, 0) is 16.1 Å². The molecule has 0 aliphatic carbocycles. The zero-order valence-electron chi connectivity index (χ0n) is 11.4. The van der Waals surface area contributed by atoms with Crippen molar-refractivity contribution in [1.29, 1.82) is 0 Å². The van der Waals surface area contributed by atoms with Gasteiger partial charge in [-0.25, -0.2) is 0 Å². The predicted octanol–water partition coefficient (Wildman–Crippen LogP) is 1.23. The molecule has 1 atom stereocenters. The van der Waals surface area contributed by atoms with E-state index in [1.165, 1.54) is 0 Å². The number of nitrogens with zero attached hydrogens (tertiary/aromatic N) is 2. The van der Waals surface area contributed by atoms with E-state index in [4.69, 9.17) is 0 Å². The third-order valence-corrected chi connectivity index (χ3v) is 3.38. The summed E-state index contributed by atoms with van der Waals surface area (Å²) >= 11 is 0. The van der Waals surface area contributed by atoms with Gasteiger partial charge < -0.3 is 10.4 Å². The van der Waals surface area contributed by atoms with Crippen LogP contribution < -0.4 is 5.32 Å². The third-order valence-electron chi connectivity index (χ3n) is 3.38. The smallest absolute Gasteiger partial charge is 0.310 e. The van der Waals surface area contributed by atoms with Crippen molar-refractivity contribution in [3.05, 3.63) is 24.0 Å². The Morgan fingerprint density at radius 3 is 2.63 bits per heavy atom. The van der Waals surface area contributed by atoms with Gasteiger partial charge in [0.1, 0.15) is 0 Å². The minimum atomic E-state index is -1.06. The van der Waals surface area contributed by atoms with Crippen LogP contribution in [0.15, 0.2) is 18.3 Å². The summed E-state index contributed by atoms with van der Waals surface area (Å²) in [5.41, 5.74) is -0.427. The van der Waals surface area contributed by atoms with Crippen LogP contribution in [0.25, 0.3) is 0 Å². The van der Waals surface area contributed by atoms with Gasteiger partial charge in [-0.05, 0) is 25.0 Å². The monoisotopic (exact) mass is 265 g/mol. The topological polar surface area (TPSA) is 92.2 Å². The van der Waals surface area contributed by atoms with Crippen LogP contribution in [-0.4, -0.2) is 27.2 Å². The van der Waals surface area contributed by atoms with Crippen LogP contribution in [0, 0.1) is 11.3 Å². The molecule has 0 spiro atoms. The molecule has 0 bridgehead atoms. The summed E-state index contributed by atoms with van der Waals surface area (Å²) in [5.74, 6) is -1.39. The maximum Gasteiger partial charge on any atom is 0.310 e. The number of nitrogens with one attached hydrogen (secondary N) is 1. The Labute approximate surface area is 112 Å². The van der Waals surface area contributed by atoms with Crippen LogP contribution in [0.2, 0.25) is 0 Å². The number of carboxylic acids is 1. The van der Waals surface area contributed by atoms with Crippen molar-refractivity contribution in [1.82, 2.24) is 15.5 Å². The first-order valence-corrected chi connectivity index (χ1v) is 6.13. The van der Waals surface area contributed by atoms with Crippen molar-refractivity contribution in [2.24, 2.45) is 11.3 Å². The maximum absolute atomic E-state index is 11.8. The van der Waals surface area contributed by atoms with Crippen LogP contribution in [0.4, 0.5) is 0 Å². The molecule has 1 aromatic heterocycles. The molecule has 2 N–H and O–H groups in total. The molecule has 1 aromatic rings. The highest BCUT2D eigenvalue weighted by Gasteiger charge is 2.38. The molecule has 0 aliphatic heterocycles. The van der Waals surface area contributed by atoms with E-state index in [2.05, 4.69) is 15.5 Å². The Bertz CT molecular complexity index is 448. The fraction of sp³-hybridized carbons (Fsp3) is 0.538. The summed E-state index contributed by atoms with van der Waals surface area (Å²) in [7, 11) is 0. The zero-order valence-corrected chi connectivity index (χ0v) is 11.4. The van der Waals surface area contributed by atoms with E-state index in [9.17, 15) is 14.7 Å². The van der Waals surface area contributed by atoms with Gasteiger partial charge in [-0.15, -0.1) is 0 Å². The van der Waals surface area contributed by atoms with E-state index < -0.39 is 11.4 Å². The van der Waals surface area contributed by atoms with E-state index in [0.29, 0.717) is 5.69 Å². The third kappa shape index (κ3) is 4.01.